The topological polar surface area (TPSA) is 77.8 Å². The SMILES string of the molecule is Cc1cc(C)cc(Oc2nccc(-c3c(-c4ccc(F)cc4)nnn3C3CCNCC3)n2)c1. The zero-order chi connectivity index (χ0) is 22.8. The van der Waals surface area contributed by atoms with Crippen molar-refractivity contribution in [1.82, 2.24) is 30.3 Å². The fourth-order valence-electron chi connectivity index (χ4n) is 4.26. The normalized spacial score (nSPS) is 14.4. The Bertz CT molecular complexity index is 1240. The zero-order valence-corrected chi connectivity index (χ0v) is 18.6. The first-order valence-electron chi connectivity index (χ1n) is 11.1. The van der Waals surface area contributed by atoms with Crippen molar-refractivity contribution < 1.29 is 9.13 Å². The molecule has 7 nitrogen and oxygen atoms in total. The molecular weight excluding hydrogens is 419 g/mol. The monoisotopic (exact) mass is 444 g/mol. The molecule has 1 N–H and O–H groups in total. The summed E-state index contributed by atoms with van der Waals surface area (Å²) in [6.07, 6.45) is 3.56. The predicted octanol–water partition coefficient (Wildman–Crippen LogP) is 4.87. The zero-order valence-electron chi connectivity index (χ0n) is 18.6. The molecule has 168 valence electrons. The lowest BCUT2D eigenvalue weighted by Gasteiger charge is -2.24. The molecule has 0 bridgehead atoms. The van der Waals surface area contributed by atoms with E-state index < -0.39 is 0 Å². The molecule has 2 aromatic heterocycles. The molecule has 3 heterocycles. The first-order chi connectivity index (χ1) is 16.1. The first-order valence-corrected chi connectivity index (χ1v) is 11.1. The van der Waals surface area contributed by atoms with Gasteiger partial charge in [0.05, 0.1) is 11.7 Å². The lowest BCUT2D eigenvalue weighted by Crippen LogP contribution is -2.30. The molecule has 0 spiro atoms. The first kappa shape index (κ1) is 21.2. The lowest BCUT2D eigenvalue weighted by atomic mass is 10.0. The van der Waals surface area contributed by atoms with Crippen LogP contribution in [0.3, 0.4) is 0 Å². The van der Waals surface area contributed by atoms with E-state index in [1.807, 2.05) is 36.7 Å². The summed E-state index contributed by atoms with van der Waals surface area (Å²) in [5.41, 5.74) is 5.08. The summed E-state index contributed by atoms with van der Waals surface area (Å²) < 4.78 is 21.5. The van der Waals surface area contributed by atoms with Crippen LogP contribution in [0.5, 0.6) is 11.8 Å². The van der Waals surface area contributed by atoms with Gasteiger partial charge >= 0.3 is 6.01 Å². The number of piperidine rings is 1. The number of nitrogens with zero attached hydrogens (tertiary/aromatic N) is 5. The van der Waals surface area contributed by atoms with Crippen molar-refractivity contribution in [3.63, 3.8) is 0 Å². The van der Waals surface area contributed by atoms with Crippen LogP contribution >= 0.6 is 0 Å². The van der Waals surface area contributed by atoms with Gasteiger partial charge in [-0.15, -0.1) is 5.10 Å². The van der Waals surface area contributed by atoms with Crippen LogP contribution in [0.2, 0.25) is 0 Å². The molecule has 2 aromatic carbocycles. The largest absolute Gasteiger partial charge is 0.424 e. The number of aromatic nitrogens is 5. The minimum absolute atomic E-state index is 0.196. The second-order valence-electron chi connectivity index (χ2n) is 8.37. The van der Waals surface area contributed by atoms with E-state index in [-0.39, 0.29) is 17.9 Å². The van der Waals surface area contributed by atoms with E-state index in [0.717, 1.165) is 48.3 Å². The van der Waals surface area contributed by atoms with E-state index >= 15 is 0 Å². The minimum Gasteiger partial charge on any atom is -0.424 e. The van der Waals surface area contributed by atoms with Crippen LogP contribution in [0.25, 0.3) is 22.6 Å². The number of hydrogen-bond donors (Lipinski definition) is 1. The van der Waals surface area contributed by atoms with E-state index in [4.69, 9.17) is 9.72 Å². The molecule has 8 heteroatoms. The molecule has 0 aliphatic carbocycles. The number of rotatable bonds is 5. The van der Waals surface area contributed by atoms with Crippen molar-refractivity contribution in [3.8, 4) is 34.4 Å². The summed E-state index contributed by atoms with van der Waals surface area (Å²) in [4.78, 5) is 9.02. The van der Waals surface area contributed by atoms with Crippen molar-refractivity contribution in [2.24, 2.45) is 0 Å². The van der Waals surface area contributed by atoms with Gasteiger partial charge in [0.15, 0.2) is 0 Å². The summed E-state index contributed by atoms with van der Waals surface area (Å²) in [6, 6.07) is 14.5. The number of nitrogens with one attached hydrogen (secondary N) is 1. The average Bonchev–Trinajstić information content (AvgIpc) is 3.25. The Labute approximate surface area is 191 Å². The van der Waals surface area contributed by atoms with Crippen LogP contribution in [0, 0.1) is 19.7 Å². The molecule has 33 heavy (non-hydrogen) atoms. The molecule has 5 rings (SSSR count). The quantitative estimate of drug-likeness (QED) is 0.473. The molecule has 0 atom stereocenters. The molecule has 1 fully saturated rings. The molecular formula is C25H25FN6O. The van der Waals surface area contributed by atoms with Gasteiger partial charge in [-0.25, -0.2) is 14.1 Å². The highest BCUT2D eigenvalue weighted by atomic mass is 19.1. The summed E-state index contributed by atoms with van der Waals surface area (Å²) in [7, 11) is 0. The van der Waals surface area contributed by atoms with E-state index in [1.54, 1.807) is 18.3 Å². The highest BCUT2D eigenvalue weighted by molar-refractivity contribution is 5.76. The Morgan fingerprint density at radius 2 is 1.73 bits per heavy atom. The molecule has 0 unspecified atom stereocenters. The maximum absolute atomic E-state index is 13.6. The second kappa shape index (κ2) is 9.07. The number of hydrogen-bond acceptors (Lipinski definition) is 6. The van der Waals surface area contributed by atoms with E-state index in [1.165, 1.54) is 12.1 Å². The third-order valence-corrected chi connectivity index (χ3v) is 5.75. The fourth-order valence-corrected chi connectivity index (χ4v) is 4.26. The highest BCUT2D eigenvalue weighted by Crippen LogP contribution is 2.34. The van der Waals surface area contributed by atoms with Crippen molar-refractivity contribution in [2.75, 3.05) is 13.1 Å². The standard InChI is InChI=1S/C25H25FN6O/c1-16-13-17(2)15-21(14-16)33-25-28-12-9-22(29-25)24-23(18-3-5-19(26)6-4-18)30-31-32(24)20-7-10-27-11-8-20/h3-6,9,12-15,20,27H,7-8,10-11H2,1-2H3. The van der Waals surface area contributed by atoms with Crippen LogP contribution in [0.4, 0.5) is 4.39 Å². The number of halogens is 1. The summed E-state index contributed by atoms with van der Waals surface area (Å²) in [6.45, 7) is 5.88. The smallest absolute Gasteiger partial charge is 0.322 e. The number of ether oxygens (including phenoxy) is 1. The molecule has 4 aromatic rings. The molecule has 1 saturated heterocycles. The van der Waals surface area contributed by atoms with Crippen LogP contribution < -0.4 is 10.1 Å². The van der Waals surface area contributed by atoms with Crippen LogP contribution in [0.15, 0.2) is 54.7 Å². The average molecular weight is 445 g/mol. The number of benzene rings is 2. The Morgan fingerprint density at radius 3 is 2.45 bits per heavy atom. The van der Waals surface area contributed by atoms with Gasteiger partial charge in [0.25, 0.3) is 0 Å². The van der Waals surface area contributed by atoms with Crippen LogP contribution in [-0.2, 0) is 0 Å². The molecule has 1 aliphatic heterocycles. The number of aryl methyl sites for hydroxylation is 2. The van der Waals surface area contributed by atoms with Crippen molar-refractivity contribution in [1.29, 1.82) is 0 Å². The molecule has 0 amide bonds. The van der Waals surface area contributed by atoms with E-state index in [0.29, 0.717) is 17.1 Å². The lowest BCUT2D eigenvalue weighted by molar-refractivity contribution is 0.340. The van der Waals surface area contributed by atoms with Gasteiger partial charge in [0.2, 0.25) is 0 Å². The maximum Gasteiger partial charge on any atom is 0.322 e. The molecule has 0 radical (unpaired) electrons. The van der Waals surface area contributed by atoms with Crippen LogP contribution in [-0.4, -0.2) is 38.1 Å². The minimum atomic E-state index is -0.294. The van der Waals surface area contributed by atoms with Gasteiger partial charge < -0.3 is 10.1 Å². The van der Waals surface area contributed by atoms with Crippen molar-refractivity contribution in [3.05, 3.63) is 71.7 Å². The van der Waals surface area contributed by atoms with Gasteiger partial charge in [-0.1, -0.05) is 11.3 Å². The van der Waals surface area contributed by atoms with Gasteiger partial charge in [-0.05, 0) is 93.4 Å². The van der Waals surface area contributed by atoms with Crippen LogP contribution in [0.1, 0.15) is 30.0 Å². The third-order valence-electron chi connectivity index (χ3n) is 5.75. The van der Waals surface area contributed by atoms with Gasteiger partial charge in [-0.2, -0.15) is 4.98 Å². The van der Waals surface area contributed by atoms with E-state index in [9.17, 15) is 4.39 Å². The van der Waals surface area contributed by atoms with Gasteiger partial charge in [0.1, 0.15) is 23.0 Å². The van der Waals surface area contributed by atoms with Gasteiger partial charge in [0, 0.05) is 11.8 Å². The van der Waals surface area contributed by atoms with Gasteiger partial charge in [-0.3, -0.25) is 0 Å². The summed E-state index contributed by atoms with van der Waals surface area (Å²) in [5.74, 6) is 0.394. The summed E-state index contributed by atoms with van der Waals surface area (Å²) in [5, 5.41) is 12.4. The third kappa shape index (κ3) is 4.61. The fraction of sp³-hybridized carbons (Fsp3) is 0.280. The molecule has 0 saturated carbocycles. The Morgan fingerprint density at radius 1 is 1.00 bits per heavy atom. The van der Waals surface area contributed by atoms with Crippen molar-refractivity contribution in [2.45, 2.75) is 32.7 Å². The second-order valence-corrected chi connectivity index (χ2v) is 8.37. The maximum atomic E-state index is 13.6. The Kier molecular flexibility index (Phi) is 5.83. The highest BCUT2D eigenvalue weighted by Gasteiger charge is 2.25. The van der Waals surface area contributed by atoms with Crippen molar-refractivity contribution >= 4 is 0 Å². The predicted molar refractivity (Wildman–Crippen MR) is 124 cm³/mol. The summed E-state index contributed by atoms with van der Waals surface area (Å²) >= 11 is 0. The Hall–Kier alpha value is -3.65. The molecule has 1 aliphatic rings. The van der Waals surface area contributed by atoms with E-state index in [2.05, 4.69) is 26.7 Å². The Balaban J connectivity index is 1.57.